The van der Waals surface area contributed by atoms with Crippen LogP contribution in [0.15, 0.2) is 18.2 Å². The Hall–Kier alpha value is -2.06. The van der Waals surface area contributed by atoms with Gasteiger partial charge in [0.15, 0.2) is 0 Å². The zero-order chi connectivity index (χ0) is 13.5. The second kappa shape index (κ2) is 6.62. The number of terminal acetylenes is 1. The zero-order valence-electron chi connectivity index (χ0n) is 9.94. The van der Waals surface area contributed by atoms with Crippen molar-refractivity contribution in [2.75, 3.05) is 13.2 Å². The molecule has 5 heteroatoms. The van der Waals surface area contributed by atoms with Crippen molar-refractivity contribution in [3.63, 3.8) is 0 Å². The Labute approximate surface area is 105 Å². The van der Waals surface area contributed by atoms with Gasteiger partial charge >= 0.3 is 5.97 Å². The summed E-state index contributed by atoms with van der Waals surface area (Å²) in [6, 6.07) is 2.36. The lowest BCUT2D eigenvalue weighted by Crippen LogP contribution is -2.30. The Morgan fingerprint density at radius 1 is 1.67 bits per heavy atom. The zero-order valence-corrected chi connectivity index (χ0v) is 9.94. The van der Waals surface area contributed by atoms with Crippen LogP contribution in [0.3, 0.4) is 0 Å². The first-order valence-electron chi connectivity index (χ1n) is 5.42. The van der Waals surface area contributed by atoms with Crippen molar-refractivity contribution in [3.8, 4) is 18.1 Å². The Balaban J connectivity index is 3.04. The third-order valence-corrected chi connectivity index (χ3v) is 2.23. The maximum Gasteiger partial charge on any atom is 0.327 e. The molecule has 0 saturated heterocycles. The minimum atomic E-state index is -0.989. The number of phenolic OH excluding ortho intramolecular Hbond substituents is 1. The molecule has 0 spiro atoms. The minimum Gasteiger partial charge on any atom is -0.508 e. The van der Waals surface area contributed by atoms with Gasteiger partial charge in [0.25, 0.3) is 0 Å². The average molecular weight is 251 g/mol. The van der Waals surface area contributed by atoms with Crippen LogP contribution in [0.2, 0.25) is 0 Å². The molecule has 0 aliphatic carbocycles. The van der Waals surface area contributed by atoms with Gasteiger partial charge in [0.1, 0.15) is 17.6 Å². The molecule has 2 N–H and O–H groups in total. The first-order chi connectivity index (χ1) is 8.60. The van der Waals surface area contributed by atoms with Gasteiger partial charge in [-0.3, -0.25) is 5.32 Å². The highest BCUT2D eigenvalue weighted by molar-refractivity contribution is 5.78. The van der Waals surface area contributed by atoms with E-state index < -0.39 is 17.8 Å². The fourth-order valence-electron chi connectivity index (χ4n) is 1.46. The van der Waals surface area contributed by atoms with Gasteiger partial charge in [-0.2, -0.15) is 0 Å². The second-order valence-electron chi connectivity index (χ2n) is 3.47. The van der Waals surface area contributed by atoms with E-state index in [2.05, 4.69) is 11.2 Å². The van der Waals surface area contributed by atoms with E-state index in [1.54, 1.807) is 6.92 Å². The van der Waals surface area contributed by atoms with E-state index in [-0.39, 0.29) is 24.5 Å². The topological polar surface area (TPSA) is 58.6 Å². The van der Waals surface area contributed by atoms with E-state index in [0.29, 0.717) is 0 Å². The number of esters is 1. The lowest BCUT2D eigenvalue weighted by atomic mass is 10.1. The number of carbonyl (C=O) groups excluding carboxylic acids is 1. The maximum absolute atomic E-state index is 13.1. The Morgan fingerprint density at radius 3 is 3.00 bits per heavy atom. The highest BCUT2D eigenvalue weighted by atomic mass is 19.1. The molecule has 0 bridgehead atoms. The van der Waals surface area contributed by atoms with Gasteiger partial charge in [0.2, 0.25) is 0 Å². The molecular weight excluding hydrogens is 237 g/mol. The average Bonchev–Trinajstić information content (AvgIpc) is 2.34. The van der Waals surface area contributed by atoms with E-state index in [1.165, 1.54) is 6.07 Å². The Bertz CT molecular complexity index is 468. The fourth-order valence-corrected chi connectivity index (χ4v) is 1.46. The van der Waals surface area contributed by atoms with Gasteiger partial charge in [0.05, 0.1) is 13.2 Å². The summed E-state index contributed by atoms with van der Waals surface area (Å²) in [4.78, 5) is 11.7. The number of aromatic hydroxyl groups is 1. The molecule has 0 aliphatic heterocycles. The number of phenols is 1. The number of rotatable bonds is 5. The van der Waals surface area contributed by atoms with Gasteiger partial charge in [-0.25, -0.2) is 9.18 Å². The number of ether oxygens (including phenoxy) is 1. The van der Waals surface area contributed by atoms with Crippen molar-refractivity contribution in [3.05, 3.63) is 29.6 Å². The Morgan fingerprint density at radius 2 is 2.39 bits per heavy atom. The molecule has 18 heavy (non-hydrogen) atoms. The molecule has 0 aliphatic rings. The number of nitrogens with one attached hydrogen (secondary N) is 1. The van der Waals surface area contributed by atoms with Crippen LogP contribution in [0.25, 0.3) is 0 Å². The minimum absolute atomic E-state index is 0.0967. The van der Waals surface area contributed by atoms with Crippen LogP contribution >= 0.6 is 0 Å². The number of hydrogen-bond acceptors (Lipinski definition) is 4. The Kier molecular flexibility index (Phi) is 5.15. The molecule has 1 rings (SSSR count). The summed E-state index contributed by atoms with van der Waals surface area (Å²) < 4.78 is 18.0. The fraction of sp³-hybridized carbons (Fsp3) is 0.308. The molecular formula is C13H14FNO3. The summed E-state index contributed by atoms with van der Waals surface area (Å²) in [5.41, 5.74) is 0.101. The second-order valence-corrected chi connectivity index (χ2v) is 3.47. The summed E-state index contributed by atoms with van der Waals surface area (Å²) in [5.74, 6) is 0.936. The highest BCUT2D eigenvalue weighted by Gasteiger charge is 2.24. The van der Waals surface area contributed by atoms with Crippen molar-refractivity contribution >= 4 is 5.97 Å². The molecule has 0 heterocycles. The first-order valence-corrected chi connectivity index (χ1v) is 5.42. The number of hydrogen-bond donors (Lipinski definition) is 2. The monoisotopic (exact) mass is 251 g/mol. The van der Waals surface area contributed by atoms with Crippen LogP contribution in [-0.4, -0.2) is 24.2 Å². The third-order valence-electron chi connectivity index (χ3n) is 2.23. The van der Waals surface area contributed by atoms with Crippen LogP contribution < -0.4 is 5.32 Å². The summed E-state index contributed by atoms with van der Waals surface area (Å²) in [6.07, 6.45) is 5.10. The van der Waals surface area contributed by atoms with E-state index in [1.807, 2.05) is 0 Å². The molecule has 1 unspecified atom stereocenters. The summed E-state index contributed by atoms with van der Waals surface area (Å²) in [5, 5.41) is 12.4. The van der Waals surface area contributed by atoms with E-state index >= 15 is 0 Å². The predicted octanol–water partition coefficient (Wildman–Crippen LogP) is 1.36. The van der Waals surface area contributed by atoms with Crippen LogP contribution in [-0.2, 0) is 9.53 Å². The van der Waals surface area contributed by atoms with Crippen molar-refractivity contribution in [1.29, 1.82) is 0 Å². The van der Waals surface area contributed by atoms with Crippen LogP contribution in [0.1, 0.15) is 18.5 Å². The van der Waals surface area contributed by atoms with Crippen molar-refractivity contribution < 1.29 is 19.0 Å². The number of halogens is 1. The maximum atomic E-state index is 13.1. The van der Waals surface area contributed by atoms with Gasteiger partial charge in [-0.05, 0) is 25.1 Å². The molecule has 0 aromatic heterocycles. The molecule has 96 valence electrons. The highest BCUT2D eigenvalue weighted by Crippen LogP contribution is 2.25. The van der Waals surface area contributed by atoms with Crippen molar-refractivity contribution in [1.82, 2.24) is 5.32 Å². The summed E-state index contributed by atoms with van der Waals surface area (Å²) in [6.45, 7) is 1.93. The molecule has 0 amide bonds. The molecule has 1 aromatic carbocycles. The number of benzene rings is 1. The SMILES string of the molecule is C#CCNC(C(=O)OCC)c1cc(F)ccc1O. The lowest BCUT2D eigenvalue weighted by Gasteiger charge is -2.17. The van der Waals surface area contributed by atoms with E-state index in [0.717, 1.165) is 12.1 Å². The van der Waals surface area contributed by atoms with Crippen LogP contribution in [0.5, 0.6) is 5.75 Å². The molecule has 0 radical (unpaired) electrons. The van der Waals surface area contributed by atoms with Crippen LogP contribution in [0, 0.1) is 18.2 Å². The van der Waals surface area contributed by atoms with Gasteiger partial charge < -0.3 is 9.84 Å². The molecule has 0 saturated carbocycles. The largest absolute Gasteiger partial charge is 0.508 e. The molecule has 4 nitrogen and oxygen atoms in total. The smallest absolute Gasteiger partial charge is 0.327 e. The van der Waals surface area contributed by atoms with Gasteiger partial charge in [0, 0.05) is 5.56 Å². The molecule has 1 aromatic rings. The quantitative estimate of drug-likeness (QED) is 0.613. The summed E-state index contributed by atoms with van der Waals surface area (Å²) >= 11 is 0. The first kappa shape index (κ1) is 14.0. The van der Waals surface area contributed by atoms with E-state index in [4.69, 9.17) is 11.2 Å². The van der Waals surface area contributed by atoms with E-state index in [9.17, 15) is 14.3 Å². The summed E-state index contributed by atoms with van der Waals surface area (Å²) in [7, 11) is 0. The van der Waals surface area contributed by atoms with Crippen molar-refractivity contribution in [2.45, 2.75) is 13.0 Å². The predicted molar refractivity (Wildman–Crippen MR) is 64.3 cm³/mol. The standard InChI is InChI=1S/C13H14FNO3/c1-3-7-15-12(13(17)18-4-2)10-8-9(14)5-6-11(10)16/h1,5-6,8,12,15-16H,4,7H2,2H3. The van der Waals surface area contributed by atoms with Gasteiger partial charge in [-0.1, -0.05) is 5.92 Å². The molecule has 0 fully saturated rings. The van der Waals surface area contributed by atoms with Crippen molar-refractivity contribution in [2.24, 2.45) is 0 Å². The third kappa shape index (κ3) is 3.47. The number of carbonyl (C=O) groups is 1. The lowest BCUT2D eigenvalue weighted by molar-refractivity contribution is -0.145. The van der Waals surface area contributed by atoms with Gasteiger partial charge in [-0.15, -0.1) is 6.42 Å². The normalized spacial score (nSPS) is 11.6. The van der Waals surface area contributed by atoms with Crippen LogP contribution in [0.4, 0.5) is 4.39 Å². The molecule has 1 atom stereocenters.